The normalized spacial score (nSPS) is 18.8. The SMILES string of the molecule is NS(=O)(=O)[C@H]1CCCN(C(=O)c2ccn(-c3ccccc3)n2)C1. The number of hydrogen-bond donors (Lipinski definition) is 1. The fourth-order valence-corrected chi connectivity index (χ4v) is 3.60. The average molecular weight is 334 g/mol. The quantitative estimate of drug-likeness (QED) is 0.896. The molecule has 2 aromatic rings. The summed E-state index contributed by atoms with van der Waals surface area (Å²) < 4.78 is 24.6. The van der Waals surface area contributed by atoms with Crippen LogP contribution in [0.5, 0.6) is 0 Å². The molecule has 1 aliphatic heterocycles. The summed E-state index contributed by atoms with van der Waals surface area (Å²) in [6, 6.07) is 11.1. The number of likely N-dealkylation sites (tertiary alicyclic amines) is 1. The van der Waals surface area contributed by atoms with E-state index in [1.807, 2.05) is 30.3 Å². The Morgan fingerprint density at radius 1 is 1.22 bits per heavy atom. The van der Waals surface area contributed by atoms with Crippen LogP contribution < -0.4 is 5.14 Å². The Morgan fingerprint density at radius 3 is 2.65 bits per heavy atom. The molecule has 1 aliphatic rings. The highest BCUT2D eigenvalue weighted by Crippen LogP contribution is 2.17. The Labute approximate surface area is 134 Å². The third-order valence-electron chi connectivity index (χ3n) is 3.96. The summed E-state index contributed by atoms with van der Waals surface area (Å²) in [5.74, 6) is -0.270. The zero-order valence-electron chi connectivity index (χ0n) is 12.5. The first-order valence-corrected chi connectivity index (χ1v) is 8.98. The lowest BCUT2D eigenvalue weighted by molar-refractivity contribution is 0.0720. The molecule has 2 N–H and O–H groups in total. The number of piperidine rings is 1. The van der Waals surface area contributed by atoms with Crippen molar-refractivity contribution in [2.75, 3.05) is 13.1 Å². The van der Waals surface area contributed by atoms with E-state index in [9.17, 15) is 13.2 Å². The van der Waals surface area contributed by atoms with E-state index in [0.29, 0.717) is 25.1 Å². The molecular weight excluding hydrogens is 316 g/mol. The number of carbonyl (C=O) groups excluding carboxylic acids is 1. The molecule has 8 heteroatoms. The Hall–Kier alpha value is -2.19. The molecule has 23 heavy (non-hydrogen) atoms. The lowest BCUT2D eigenvalue weighted by Crippen LogP contribution is -2.47. The molecule has 0 radical (unpaired) electrons. The van der Waals surface area contributed by atoms with Gasteiger partial charge in [0, 0.05) is 19.3 Å². The van der Waals surface area contributed by atoms with Crippen LogP contribution in [0.1, 0.15) is 23.3 Å². The highest BCUT2D eigenvalue weighted by Gasteiger charge is 2.31. The van der Waals surface area contributed by atoms with Gasteiger partial charge in [0.05, 0.1) is 10.9 Å². The van der Waals surface area contributed by atoms with Crippen LogP contribution in [0.15, 0.2) is 42.6 Å². The zero-order chi connectivity index (χ0) is 16.4. The van der Waals surface area contributed by atoms with Crippen LogP contribution in [0.2, 0.25) is 0 Å². The third kappa shape index (κ3) is 3.43. The number of amides is 1. The Bertz CT molecular complexity index is 801. The zero-order valence-corrected chi connectivity index (χ0v) is 13.3. The van der Waals surface area contributed by atoms with Crippen LogP contribution in [0, 0.1) is 0 Å². The van der Waals surface area contributed by atoms with E-state index in [2.05, 4.69) is 5.10 Å². The molecule has 7 nitrogen and oxygen atoms in total. The molecule has 122 valence electrons. The molecule has 0 aliphatic carbocycles. The number of aromatic nitrogens is 2. The molecule has 1 fully saturated rings. The molecule has 1 atom stereocenters. The molecule has 1 aromatic heterocycles. The van der Waals surface area contributed by atoms with Crippen molar-refractivity contribution < 1.29 is 13.2 Å². The molecule has 0 spiro atoms. The Morgan fingerprint density at radius 2 is 1.96 bits per heavy atom. The molecule has 1 saturated heterocycles. The van der Waals surface area contributed by atoms with Gasteiger partial charge in [-0.1, -0.05) is 18.2 Å². The van der Waals surface area contributed by atoms with E-state index < -0.39 is 15.3 Å². The minimum absolute atomic E-state index is 0.121. The minimum atomic E-state index is -3.63. The van der Waals surface area contributed by atoms with Crippen LogP contribution in [0.3, 0.4) is 0 Å². The van der Waals surface area contributed by atoms with Crippen molar-refractivity contribution in [3.63, 3.8) is 0 Å². The maximum absolute atomic E-state index is 12.5. The smallest absolute Gasteiger partial charge is 0.274 e. The number of sulfonamides is 1. The van der Waals surface area contributed by atoms with Crippen molar-refractivity contribution in [1.82, 2.24) is 14.7 Å². The topological polar surface area (TPSA) is 98.3 Å². The van der Waals surface area contributed by atoms with Gasteiger partial charge in [0.1, 0.15) is 0 Å². The van der Waals surface area contributed by atoms with Gasteiger partial charge in [0.2, 0.25) is 10.0 Å². The fourth-order valence-electron chi connectivity index (χ4n) is 2.72. The van der Waals surface area contributed by atoms with E-state index >= 15 is 0 Å². The number of nitrogens with zero attached hydrogens (tertiary/aromatic N) is 3. The first-order valence-electron chi connectivity index (χ1n) is 7.37. The molecule has 0 bridgehead atoms. The number of benzene rings is 1. The first kappa shape index (κ1) is 15.7. The summed E-state index contributed by atoms with van der Waals surface area (Å²) in [5, 5.41) is 8.80. The van der Waals surface area contributed by atoms with Gasteiger partial charge in [0.25, 0.3) is 5.91 Å². The Kier molecular flexibility index (Phi) is 4.18. The molecule has 0 unspecified atom stereocenters. The Balaban J connectivity index is 1.77. The second kappa shape index (κ2) is 6.13. The second-order valence-electron chi connectivity index (χ2n) is 5.59. The second-order valence-corrected chi connectivity index (χ2v) is 7.43. The number of primary sulfonamides is 1. The predicted octanol–water partition coefficient (Wildman–Crippen LogP) is 0.765. The largest absolute Gasteiger partial charge is 0.336 e. The van der Waals surface area contributed by atoms with Gasteiger partial charge in [0.15, 0.2) is 5.69 Å². The van der Waals surface area contributed by atoms with Gasteiger partial charge in [-0.15, -0.1) is 0 Å². The number of hydrogen-bond acceptors (Lipinski definition) is 4. The van der Waals surface area contributed by atoms with Gasteiger partial charge in [-0.25, -0.2) is 18.2 Å². The maximum Gasteiger partial charge on any atom is 0.274 e. The van der Waals surface area contributed by atoms with Gasteiger partial charge in [-0.3, -0.25) is 4.79 Å². The van der Waals surface area contributed by atoms with Crippen LogP contribution in [-0.4, -0.2) is 47.3 Å². The number of carbonyl (C=O) groups is 1. The summed E-state index contributed by atoms with van der Waals surface area (Å²) in [4.78, 5) is 14.0. The highest BCUT2D eigenvalue weighted by atomic mass is 32.2. The molecule has 3 rings (SSSR count). The van der Waals surface area contributed by atoms with Crippen molar-refractivity contribution >= 4 is 15.9 Å². The van der Waals surface area contributed by atoms with E-state index in [-0.39, 0.29) is 12.5 Å². The number of nitrogens with two attached hydrogens (primary N) is 1. The standard InChI is InChI=1S/C15H18N4O3S/c16-23(21,22)13-7-4-9-18(11-13)15(20)14-8-10-19(17-14)12-5-2-1-3-6-12/h1-3,5-6,8,10,13H,4,7,9,11H2,(H2,16,21,22)/t13-/m0/s1. The third-order valence-corrected chi connectivity index (χ3v) is 5.27. The van der Waals surface area contributed by atoms with Gasteiger partial charge in [-0.2, -0.15) is 5.10 Å². The molecule has 1 aromatic carbocycles. The maximum atomic E-state index is 12.5. The van der Waals surface area contributed by atoms with Crippen LogP contribution >= 0.6 is 0 Å². The lowest BCUT2D eigenvalue weighted by Gasteiger charge is -2.30. The van der Waals surface area contributed by atoms with E-state index in [4.69, 9.17) is 5.14 Å². The van der Waals surface area contributed by atoms with Crippen molar-refractivity contribution in [3.8, 4) is 5.69 Å². The van der Waals surface area contributed by atoms with Gasteiger partial charge < -0.3 is 4.90 Å². The predicted molar refractivity (Wildman–Crippen MR) is 85.6 cm³/mol. The summed E-state index contributed by atoms with van der Waals surface area (Å²) >= 11 is 0. The monoisotopic (exact) mass is 334 g/mol. The van der Waals surface area contributed by atoms with E-state index in [1.54, 1.807) is 16.9 Å². The van der Waals surface area contributed by atoms with Crippen molar-refractivity contribution in [2.24, 2.45) is 5.14 Å². The van der Waals surface area contributed by atoms with Gasteiger partial charge in [-0.05, 0) is 31.0 Å². The van der Waals surface area contributed by atoms with Crippen LogP contribution in [-0.2, 0) is 10.0 Å². The molecule has 2 heterocycles. The molecule has 0 saturated carbocycles. The molecule has 1 amide bonds. The first-order chi connectivity index (χ1) is 10.9. The van der Waals surface area contributed by atoms with Crippen LogP contribution in [0.4, 0.5) is 0 Å². The van der Waals surface area contributed by atoms with E-state index in [0.717, 1.165) is 5.69 Å². The lowest BCUT2D eigenvalue weighted by atomic mass is 10.1. The number of rotatable bonds is 3. The highest BCUT2D eigenvalue weighted by molar-refractivity contribution is 7.89. The van der Waals surface area contributed by atoms with Crippen molar-refractivity contribution in [1.29, 1.82) is 0 Å². The summed E-state index contributed by atoms with van der Waals surface area (Å²) in [5.41, 5.74) is 1.15. The summed E-state index contributed by atoms with van der Waals surface area (Å²) in [6.07, 6.45) is 2.82. The van der Waals surface area contributed by atoms with Gasteiger partial charge >= 0.3 is 0 Å². The minimum Gasteiger partial charge on any atom is -0.336 e. The van der Waals surface area contributed by atoms with Crippen LogP contribution in [0.25, 0.3) is 5.69 Å². The van der Waals surface area contributed by atoms with Crippen molar-refractivity contribution in [3.05, 3.63) is 48.3 Å². The average Bonchev–Trinajstić information content (AvgIpc) is 3.04. The number of para-hydroxylation sites is 1. The van der Waals surface area contributed by atoms with E-state index in [1.165, 1.54) is 4.90 Å². The summed E-state index contributed by atoms with van der Waals surface area (Å²) in [6.45, 7) is 0.638. The summed E-state index contributed by atoms with van der Waals surface area (Å²) in [7, 11) is -3.63. The molecular formula is C15H18N4O3S. The van der Waals surface area contributed by atoms with Crippen molar-refractivity contribution in [2.45, 2.75) is 18.1 Å². The fraction of sp³-hybridized carbons (Fsp3) is 0.333.